The van der Waals surface area contributed by atoms with Crippen molar-refractivity contribution in [3.8, 4) is 0 Å². The van der Waals surface area contributed by atoms with Crippen molar-refractivity contribution < 1.29 is 9.18 Å². The van der Waals surface area contributed by atoms with Crippen LogP contribution in [-0.4, -0.2) is 11.9 Å². The minimum atomic E-state index is -0.511. The average Bonchev–Trinajstić information content (AvgIpc) is 2.16. The molecule has 0 aliphatic heterocycles. The fourth-order valence-corrected chi connectivity index (χ4v) is 1.46. The number of hydrogen-bond acceptors (Lipinski definition) is 1. The third-order valence-electron chi connectivity index (χ3n) is 2.53. The van der Waals surface area contributed by atoms with E-state index in [0.717, 1.165) is 0 Å². The number of carbonyl (C=O) groups is 1. The molecule has 0 aliphatic carbocycles. The van der Waals surface area contributed by atoms with Gasteiger partial charge in [0.1, 0.15) is 5.82 Å². The third-order valence-corrected chi connectivity index (χ3v) is 3.03. The predicted octanol–water partition coefficient (Wildman–Crippen LogP) is 3.36. The van der Waals surface area contributed by atoms with Gasteiger partial charge in [0.2, 0.25) is 0 Å². The summed E-state index contributed by atoms with van der Waals surface area (Å²) in [5.41, 5.74) is 0.0794. The first-order valence-corrected chi connectivity index (χ1v) is 5.97. The standard InChI is InChI=1S/C12H15BrFNO/c1-7(2)8(3)15-12(16)10-5-4-9(13)6-11(10)14/h4-8H,1-3H3,(H,15,16). The summed E-state index contributed by atoms with van der Waals surface area (Å²) in [6, 6.07) is 4.44. The lowest BCUT2D eigenvalue weighted by Gasteiger charge is -2.17. The van der Waals surface area contributed by atoms with E-state index in [9.17, 15) is 9.18 Å². The van der Waals surface area contributed by atoms with Crippen LogP contribution in [0, 0.1) is 11.7 Å². The maximum Gasteiger partial charge on any atom is 0.254 e. The molecule has 88 valence electrons. The van der Waals surface area contributed by atoms with E-state index in [2.05, 4.69) is 21.2 Å². The highest BCUT2D eigenvalue weighted by Gasteiger charge is 2.15. The van der Waals surface area contributed by atoms with Crippen LogP contribution in [-0.2, 0) is 0 Å². The predicted molar refractivity (Wildman–Crippen MR) is 65.9 cm³/mol. The quantitative estimate of drug-likeness (QED) is 0.907. The number of carbonyl (C=O) groups excluding carboxylic acids is 1. The molecule has 0 bridgehead atoms. The Kier molecular flexibility index (Phi) is 4.47. The molecule has 1 rings (SSSR count). The first-order valence-electron chi connectivity index (χ1n) is 5.17. The number of halogens is 2. The average molecular weight is 288 g/mol. The summed E-state index contributed by atoms with van der Waals surface area (Å²) in [6.07, 6.45) is 0. The van der Waals surface area contributed by atoms with Gasteiger partial charge in [0, 0.05) is 10.5 Å². The van der Waals surface area contributed by atoms with Gasteiger partial charge in [0.15, 0.2) is 0 Å². The van der Waals surface area contributed by atoms with Crippen LogP contribution in [0.15, 0.2) is 22.7 Å². The zero-order valence-electron chi connectivity index (χ0n) is 9.55. The highest BCUT2D eigenvalue weighted by Crippen LogP contribution is 2.15. The molecule has 1 N–H and O–H groups in total. The van der Waals surface area contributed by atoms with Crippen molar-refractivity contribution in [2.24, 2.45) is 5.92 Å². The van der Waals surface area contributed by atoms with Crippen molar-refractivity contribution in [1.82, 2.24) is 5.32 Å². The summed E-state index contributed by atoms with van der Waals surface area (Å²) in [4.78, 5) is 11.7. The molecule has 0 saturated heterocycles. The molecule has 1 atom stereocenters. The Morgan fingerprint density at radius 3 is 2.50 bits per heavy atom. The monoisotopic (exact) mass is 287 g/mol. The Hall–Kier alpha value is -0.900. The summed E-state index contributed by atoms with van der Waals surface area (Å²) in [7, 11) is 0. The van der Waals surface area contributed by atoms with Gasteiger partial charge in [-0.1, -0.05) is 29.8 Å². The molecule has 4 heteroatoms. The van der Waals surface area contributed by atoms with E-state index in [-0.39, 0.29) is 17.5 Å². The lowest BCUT2D eigenvalue weighted by Crippen LogP contribution is -2.36. The highest BCUT2D eigenvalue weighted by atomic mass is 79.9. The lowest BCUT2D eigenvalue weighted by molar-refractivity contribution is 0.0926. The Labute approximate surface area is 103 Å². The Bertz CT molecular complexity index is 393. The molecule has 0 spiro atoms. The van der Waals surface area contributed by atoms with Gasteiger partial charge in [0.25, 0.3) is 5.91 Å². The minimum Gasteiger partial charge on any atom is -0.349 e. The fraction of sp³-hybridized carbons (Fsp3) is 0.417. The molecule has 2 nitrogen and oxygen atoms in total. The first-order chi connectivity index (χ1) is 7.41. The second-order valence-corrected chi connectivity index (χ2v) is 5.05. The summed E-state index contributed by atoms with van der Waals surface area (Å²) in [5.74, 6) is -0.559. The van der Waals surface area contributed by atoms with Crippen molar-refractivity contribution in [3.05, 3.63) is 34.1 Å². The highest BCUT2D eigenvalue weighted by molar-refractivity contribution is 9.10. The molecule has 1 amide bonds. The smallest absolute Gasteiger partial charge is 0.254 e. The largest absolute Gasteiger partial charge is 0.349 e. The van der Waals surface area contributed by atoms with E-state index in [0.29, 0.717) is 10.4 Å². The van der Waals surface area contributed by atoms with Gasteiger partial charge in [-0.2, -0.15) is 0 Å². The molecule has 0 fully saturated rings. The fourth-order valence-electron chi connectivity index (χ4n) is 1.12. The summed E-state index contributed by atoms with van der Waals surface area (Å²) < 4.78 is 14.1. The van der Waals surface area contributed by atoms with Crippen molar-refractivity contribution in [1.29, 1.82) is 0 Å². The SMILES string of the molecule is CC(C)C(C)NC(=O)c1ccc(Br)cc1F. The zero-order chi connectivity index (χ0) is 12.3. The molecule has 0 radical (unpaired) electrons. The van der Waals surface area contributed by atoms with Crippen LogP contribution in [0.5, 0.6) is 0 Å². The molecule has 1 aromatic carbocycles. The van der Waals surface area contributed by atoms with Gasteiger partial charge in [-0.25, -0.2) is 4.39 Å². The number of hydrogen-bond donors (Lipinski definition) is 1. The summed E-state index contributed by atoms with van der Waals surface area (Å²) in [6.45, 7) is 5.91. The van der Waals surface area contributed by atoms with Crippen LogP contribution in [0.4, 0.5) is 4.39 Å². The van der Waals surface area contributed by atoms with Crippen LogP contribution in [0.25, 0.3) is 0 Å². The number of rotatable bonds is 3. The molecule has 0 aromatic heterocycles. The van der Waals surface area contributed by atoms with Gasteiger partial charge in [-0.3, -0.25) is 4.79 Å². The van der Waals surface area contributed by atoms with Gasteiger partial charge < -0.3 is 5.32 Å². The normalized spacial score (nSPS) is 12.6. The molecular weight excluding hydrogens is 273 g/mol. The van der Waals surface area contributed by atoms with Crippen LogP contribution in [0.3, 0.4) is 0 Å². The topological polar surface area (TPSA) is 29.1 Å². The lowest BCUT2D eigenvalue weighted by atomic mass is 10.1. The van der Waals surface area contributed by atoms with Crippen molar-refractivity contribution in [3.63, 3.8) is 0 Å². The molecule has 0 heterocycles. The Balaban J connectivity index is 2.81. The second kappa shape index (κ2) is 5.43. The van der Waals surface area contributed by atoms with Crippen LogP contribution in [0.2, 0.25) is 0 Å². The molecule has 16 heavy (non-hydrogen) atoms. The number of amides is 1. The molecule has 0 saturated carbocycles. The van der Waals surface area contributed by atoms with E-state index in [1.807, 2.05) is 20.8 Å². The molecular formula is C12H15BrFNO. The first kappa shape index (κ1) is 13.2. The van der Waals surface area contributed by atoms with Gasteiger partial charge in [-0.05, 0) is 31.0 Å². The number of nitrogens with one attached hydrogen (secondary N) is 1. The van der Waals surface area contributed by atoms with E-state index in [4.69, 9.17) is 0 Å². The maximum absolute atomic E-state index is 13.5. The van der Waals surface area contributed by atoms with E-state index < -0.39 is 5.82 Å². The zero-order valence-corrected chi connectivity index (χ0v) is 11.1. The Morgan fingerprint density at radius 1 is 1.38 bits per heavy atom. The van der Waals surface area contributed by atoms with Gasteiger partial charge >= 0.3 is 0 Å². The maximum atomic E-state index is 13.5. The second-order valence-electron chi connectivity index (χ2n) is 4.13. The van der Waals surface area contributed by atoms with Crippen LogP contribution < -0.4 is 5.32 Å². The molecule has 1 unspecified atom stereocenters. The van der Waals surface area contributed by atoms with Gasteiger partial charge in [0.05, 0.1) is 5.56 Å². The van der Waals surface area contributed by atoms with E-state index in [1.165, 1.54) is 12.1 Å². The number of benzene rings is 1. The van der Waals surface area contributed by atoms with Crippen LogP contribution >= 0.6 is 15.9 Å². The molecule has 1 aromatic rings. The Morgan fingerprint density at radius 2 is 2.00 bits per heavy atom. The molecule has 0 aliphatic rings. The van der Waals surface area contributed by atoms with Crippen molar-refractivity contribution in [2.45, 2.75) is 26.8 Å². The van der Waals surface area contributed by atoms with E-state index in [1.54, 1.807) is 6.07 Å². The van der Waals surface area contributed by atoms with E-state index >= 15 is 0 Å². The summed E-state index contributed by atoms with van der Waals surface area (Å²) >= 11 is 3.15. The minimum absolute atomic E-state index is 0.0237. The van der Waals surface area contributed by atoms with Crippen LogP contribution in [0.1, 0.15) is 31.1 Å². The van der Waals surface area contributed by atoms with Crippen molar-refractivity contribution in [2.75, 3.05) is 0 Å². The third kappa shape index (κ3) is 3.30. The summed E-state index contributed by atoms with van der Waals surface area (Å²) in [5, 5.41) is 2.76. The van der Waals surface area contributed by atoms with Crippen molar-refractivity contribution >= 4 is 21.8 Å². The van der Waals surface area contributed by atoms with Gasteiger partial charge in [-0.15, -0.1) is 0 Å².